The van der Waals surface area contributed by atoms with Crippen LogP contribution in [-0.4, -0.2) is 23.9 Å². The van der Waals surface area contributed by atoms with Crippen LogP contribution in [0, 0.1) is 0 Å². The summed E-state index contributed by atoms with van der Waals surface area (Å²) in [6.07, 6.45) is 1.57. The minimum Gasteiger partial charge on any atom is -0.497 e. The summed E-state index contributed by atoms with van der Waals surface area (Å²) in [6.45, 7) is 0. The fourth-order valence-electron chi connectivity index (χ4n) is 3.22. The third-order valence-electron chi connectivity index (χ3n) is 4.87. The largest absolute Gasteiger partial charge is 0.497 e. The normalized spacial score (nSPS) is 10.5. The summed E-state index contributed by atoms with van der Waals surface area (Å²) in [7, 11) is 1.56. The molecule has 0 atom stereocenters. The average Bonchev–Trinajstić information content (AvgIpc) is 2.82. The predicted molar refractivity (Wildman–Crippen MR) is 130 cm³/mol. The fourth-order valence-corrected chi connectivity index (χ4v) is 3.79. The maximum Gasteiger partial charge on any atom is 0.269 e. The minimum atomic E-state index is -0.453. The molecule has 4 aromatic rings. The van der Waals surface area contributed by atoms with Crippen LogP contribution in [0.15, 0.2) is 72.9 Å². The number of aromatic nitrogens is 1. The van der Waals surface area contributed by atoms with Gasteiger partial charge < -0.3 is 10.1 Å². The van der Waals surface area contributed by atoms with Gasteiger partial charge in [0.15, 0.2) is 0 Å². The maximum absolute atomic E-state index is 12.8. The van der Waals surface area contributed by atoms with Gasteiger partial charge in [0.05, 0.1) is 39.6 Å². The van der Waals surface area contributed by atoms with Crippen molar-refractivity contribution in [3.63, 3.8) is 0 Å². The molecule has 1 heterocycles. The highest BCUT2D eigenvalue weighted by Gasteiger charge is 2.16. The van der Waals surface area contributed by atoms with E-state index in [1.807, 2.05) is 6.07 Å². The van der Waals surface area contributed by atoms with Crippen molar-refractivity contribution in [1.29, 1.82) is 0 Å². The molecule has 3 aromatic carbocycles. The molecule has 0 radical (unpaired) electrons. The molecule has 3 N–H and O–H groups in total. The fraction of sp³-hybridized carbons (Fsp3) is 0.0417. The maximum atomic E-state index is 12.8. The Morgan fingerprint density at radius 3 is 2.24 bits per heavy atom. The Kier molecular flexibility index (Phi) is 6.63. The Balaban J connectivity index is 1.56. The Hall–Kier alpha value is -3.81. The number of fused-ring (bicyclic) bond motifs is 1. The SMILES string of the molecule is COc1ccc(C(=O)NNc2ccnc3c(NC(=O)c4c(Cl)cccc4Cl)cccc23)cc1. The van der Waals surface area contributed by atoms with Crippen LogP contribution in [0.5, 0.6) is 5.75 Å². The van der Waals surface area contributed by atoms with Crippen LogP contribution in [0.4, 0.5) is 11.4 Å². The van der Waals surface area contributed by atoms with Crippen LogP contribution < -0.4 is 20.9 Å². The number of amides is 2. The second-order valence-corrected chi connectivity index (χ2v) is 7.73. The number of anilines is 2. The van der Waals surface area contributed by atoms with Gasteiger partial charge in [-0.15, -0.1) is 0 Å². The molecule has 0 aliphatic carbocycles. The number of hydrogen-bond donors (Lipinski definition) is 3. The van der Waals surface area contributed by atoms with Crippen LogP contribution in [0.25, 0.3) is 10.9 Å². The standard InChI is InChI=1S/C24H18Cl2N4O3/c1-33-15-10-8-14(9-11-15)23(31)30-29-19-12-13-27-22-16(19)4-2-7-20(22)28-24(32)21-17(25)5-3-6-18(21)26/h2-13H,1H3,(H,27,29)(H,28,32)(H,30,31). The van der Waals surface area contributed by atoms with E-state index in [9.17, 15) is 9.59 Å². The molecular formula is C24H18Cl2N4O3. The van der Waals surface area contributed by atoms with Gasteiger partial charge in [-0.05, 0) is 48.5 Å². The van der Waals surface area contributed by atoms with Crippen molar-refractivity contribution in [2.45, 2.75) is 0 Å². The van der Waals surface area contributed by atoms with Crippen molar-refractivity contribution in [3.05, 3.63) is 94.1 Å². The van der Waals surface area contributed by atoms with Crippen LogP contribution in [0.2, 0.25) is 10.0 Å². The molecule has 33 heavy (non-hydrogen) atoms. The number of ether oxygens (including phenoxy) is 1. The second-order valence-electron chi connectivity index (χ2n) is 6.92. The lowest BCUT2D eigenvalue weighted by atomic mass is 10.1. The van der Waals surface area contributed by atoms with Gasteiger partial charge in [-0.25, -0.2) is 0 Å². The number of carbonyl (C=O) groups excluding carboxylic acids is 2. The third-order valence-corrected chi connectivity index (χ3v) is 5.50. The summed E-state index contributed by atoms with van der Waals surface area (Å²) < 4.78 is 5.11. The first-order chi connectivity index (χ1) is 16.0. The third kappa shape index (κ3) is 4.84. The lowest BCUT2D eigenvalue weighted by Crippen LogP contribution is -2.29. The molecule has 4 rings (SSSR count). The summed E-state index contributed by atoms with van der Waals surface area (Å²) in [4.78, 5) is 29.7. The number of hydrogen-bond acceptors (Lipinski definition) is 5. The first-order valence-corrected chi connectivity index (χ1v) is 10.6. The van der Waals surface area contributed by atoms with Gasteiger partial charge in [0.1, 0.15) is 5.75 Å². The topological polar surface area (TPSA) is 92.3 Å². The number of para-hydroxylation sites is 1. The number of hydrazine groups is 1. The summed E-state index contributed by atoms with van der Waals surface area (Å²) in [6, 6.07) is 18.6. The molecular weight excluding hydrogens is 463 g/mol. The zero-order valence-electron chi connectivity index (χ0n) is 17.4. The van der Waals surface area contributed by atoms with Gasteiger partial charge in [-0.2, -0.15) is 0 Å². The number of nitrogens with one attached hydrogen (secondary N) is 3. The van der Waals surface area contributed by atoms with E-state index in [1.165, 1.54) is 0 Å². The van der Waals surface area contributed by atoms with Gasteiger partial charge >= 0.3 is 0 Å². The van der Waals surface area contributed by atoms with E-state index >= 15 is 0 Å². The number of halogens is 2. The summed E-state index contributed by atoms with van der Waals surface area (Å²) in [5.74, 6) is -0.112. The molecule has 0 bridgehead atoms. The number of pyridine rings is 1. The molecule has 0 saturated carbocycles. The monoisotopic (exact) mass is 480 g/mol. The molecule has 2 amide bonds. The first kappa shape index (κ1) is 22.4. The quantitative estimate of drug-likeness (QED) is 0.314. The number of rotatable bonds is 6. The van der Waals surface area contributed by atoms with E-state index in [0.29, 0.717) is 33.6 Å². The first-order valence-electron chi connectivity index (χ1n) is 9.81. The van der Waals surface area contributed by atoms with Gasteiger partial charge in [0, 0.05) is 17.1 Å². The average molecular weight is 481 g/mol. The molecule has 0 spiro atoms. The predicted octanol–water partition coefficient (Wildman–Crippen LogP) is 5.56. The van der Waals surface area contributed by atoms with Crippen LogP contribution >= 0.6 is 23.2 Å². The zero-order valence-corrected chi connectivity index (χ0v) is 18.9. The number of carbonyl (C=O) groups is 2. The lowest BCUT2D eigenvalue weighted by Gasteiger charge is -2.14. The zero-order chi connectivity index (χ0) is 23.4. The molecule has 0 saturated heterocycles. The number of benzene rings is 3. The second kappa shape index (κ2) is 9.77. The van der Waals surface area contributed by atoms with Gasteiger partial charge in [0.25, 0.3) is 11.8 Å². The van der Waals surface area contributed by atoms with E-state index in [0.717, 1.165) is 0 Å². The van der Waals surface area contributed by atoms with Crippen molar-refractivity contribution in [3.8, 4) is 5.75 Å². The number of nitrogens with zero attached hydrogens (tertiary/aromatic N) is 1. The minimum absolute atomic E-state index is 0.180. The van der Waals surface area contributed by atoms with E-state index in [1.54, 1.807) is 74.0 Å². The van der Waals surface area contributed by atoms with Crippen LogP contribution in [0.3, 0.4) is 0 Å². The van der Waals surface area contributed by atoms with E-state index in [4.69, 9.17) is 27.9 Å². The molecule has 0 fully saturated rings. The smallest absolute Gasteiger partial charge is 0.269 e. The van der Waals surface area contributed by atoms with Crippen LogP contribution in [0.1, 0.15) is 20.7 Å². The lowest BCUT2D eigenvalue weighted by molar-refractivity contribution is 0.0961. The van der Waals surface area contributed by atoms with Gasteiger partial charge in [-0.1, -0.05) is 41.4 Å². The highest BCUT2D eigenvalue weighted by molar-refractivity contribution is 6.40. The molecule has 0 aliphatic heterocycles. The highest BCUT2D eigenvalue weighted by atomic mass is 35.5. The molecule has 0 unspecified atom stereocenters. The van der Waals surface area contributed by atoms with Crippen LogP contribution in [-0.2, 0) is 0 Å². The Morgan fingerprint density at radius 1 is 0.848 bits per heavy atom. The van der Waals surface area contributed by atoms with Crippen molar-refractivity contribution >= 4 is 57.3 Å². The van der Waals surface area contributed by atoms with E-state index < -0.39 is 5.91 Å². The summed E-state index contributed by atoms with van der Waals surface area (Å²) in [5.41, 5.74) is 7.83. The van der Waals surface area contributed by atoms with Crippen molar-refractivity contribution in [1.82, 2.24) is 10.4 Å². The highest BCUT2D eigenvalue weighted by Crippen LogP contribution is 2.29. The molecule has 1 aromatic heterocycles. The van der Waals surface area contributed by atoms with Gasteiger partial charge in [0.2, 0.25) is 0 Å². The van der Waals surface area contributed by atoms with E-state index in [-0.39, 0.29) is 21.5 Å². The van der Waals surface area contributed by atoms with E-state index in [2.05, 4.69) is 21.2 Å². The Bertz CT molecular complexity index is 1320. The molecule has 0 aliphatic rings. The van der Waals surface area contributed by atoms with Gasteiger partial charge in [-0.3, -0.25) is 25.4 Å². The Morgan fingerprint density at radius 2 is 1.55 bits per heavy atom. The Labute approximate surface area is 199 Å². The summed E-state index contributed by atoms with van der Waals surface area (Å²) in [5, 5.41) is 4.00. The number of methoxy groups -OCH3 is 1. The van der Waals surface area contributed by atoms with Crippen molar-refractivity contribution in [2.24, 2.45) is 0 Å². The molecule has 7 nitrogen and oxygen atoms in total. The van der Waals surface area contributed by atoms with Crippen molar-refractivity contribution in [2.75, 3.05) is 17.9 Å². The van der Waals surface area contributed by atoms with Crippen molar-refractivity contribution < 1.29 is 14.3 Å². The molecule has 9 heteroatoms. The summed E-state index contributed by atoms with van der Waals surface area (Å²) >= 11 is 12.3. The molecule has 166 valence electrons.